The molecule has 18 nitrogen and oxygen atoms in total. The first-order chi connectivity index (χ1) is 21.1. The van der Waals surface area contributed by atoms with E-state index in [0.717, 1.165) is 28.0 Å². The Bertz CT molecular complexity index is 1830. The lowest BCUT2D eigenvalue weighted by Gasteiger charge is -2.50. The summed E-state index contributed by atoms with van der Waals surface area (Å²) in [6, 6.07) is -1.13. The van der Waals surface area contributed by atoms with Crippen LogP contribution in [0.5, 0.6) is 0 Å². The number of oxime groups is 1. The predicted octanol–water partition coefficient (Wildman–Crippen LogP) is -2.15. The maximum Gasteiger partial charge on any atom is 0.376 e. The number of aryl methyl sites for hydroxylation is 2. The van der Waals surface area contributed by atoms with Crippen molar-refractivity contribution in [1.29, 1.82) is 0 Å². The van der Waals surface area contributed by atoms with Gasteiger partial charge in [0.25, 0.3) is 11.8 Å². The maximum atomic E-state index is 13.3. The number of aliphatic carboxylic acids is 2. The highest BCUT2D eigenvalue weighted by molar-refractivity contribution is 8.01. The molecule has 0 radical (unpaired) electrons. The SMILES string of the molecule is Cc1c(N)nc(SCC2=C(C(=O)[O-])N3C(=O)C(NC(=O)/C(=N\OC(C)(C)C(=O)O)c4csc(N)n4)[C@H]3SC2)n2nc(N)[n+](C)c12. The van der Waals surface area contributed by atoms with Gasteiger partial charge in [-0.15, -0.1) is 23.1 Å². The molecule has 3 aromatic heterocycles. The second-order valence-corrected chi connectivity index (χ2v) is 13.3. The number of nitrogens with two attached hydrogens (primary N) is 3. The first-order valence-electron chi connectivity index (χ1n) is 12.9. The molecule has 2 aliphatic rings. The molecule has 3 aromatic rings. The van der Waals surface area contributed by atoms with Crippen LogP contribution in [0.3, 0.4) is 0 Å². The zero-order valence-electron chi connectivity index (χ0n) is 24.1. The number of carboxylic acid groups (broad SMARTS) is 2. The van der Waals surface area contributed by atoms with Crippen LogP contribution in [0.4, 0.5) is 16.9 Å². The van der Waals surface area contributed by atoms with E-state index in [1.54, 1.807) is 18.5 Å². The van der Waals surface area contributed by atoms with Crippen molar-refractivity contribution in [2.24, 2.45) is 12.2 Å². The van der Waals surface area contributed by atoms with Gasteiger partial charge in [0.15, 0.2) is 10.8 Å². The van der Waals surface area contributed by atoms with E-state index in [2.05, 4.69) is 25.5 Å². The third-order valence-electron chi connectivity index (χ3n) is 6.94. The Morgan fingerprint density at radius 1 is 1.31 bits per heavy atom. The summed E-state index contributed by atoms with van der Waals surface area (Å²) < 4.78 is 3.16. The smallest absolute Gasteiger partial charge is 0.376 e. The van der Waals surface area contributed by atoms with E-state index >= 15 is 0 Å². The van der Waals surface area contributed by atoms with Crippen molar-refractivity contribution in [3.63, 3.8) is 0 Å². The zero-order chi connectivity index (χ0) is 33.0. The summed E-state index contributed by atoms with van der Waals surface area (Å²) in [5.74, 6) is -3.72. The van der Waals surface area contributed by atoms with Gasteiger partial charge in [-0.1, -0.05) is 21.4 Å². The number of carbonyl (C=O) groups is 4. The first-order valence-corrected chi connectivity index (χ1v) is 15.9. The average molecular weight is 678 g/mol. The molecule has 2 atom stereocenters. The van der Waals surface area contributed by atoms with Crippen LogP contribution in [-0.2, 0) is 31.1 Å². The lowest BCUT2D eigenvalue weighted by molar-refractivity contribution is -0.631. The van der Waals surface area contributed by atoms with Gasteiger partial charge in [-0.25, -0.2) is 14.3 Å². The molecule has 0 aromatic carbocycles. The molecule has 0 spiro atoms. The number of rotatable bonds is 10. The first kappa shape index (κ1) is 31.8. The molecule has 238 valence electrons. The van der Waals surface area contributed by atoms with Crippen molar-refractivity contribution in [1.82, 2.24) is 29.8 Å². The average Bonchev–Trinajstić information content (AvgIpc) is 3.54. The molecule has 5 rings (SSSR count). The molecule has 21 heteroatoms. The summed E-state index contributed by atoms with van der Waals surface area (Å²) in [6.45, 7) is 4.24. The lowest BCUT2D eigenvalue weighted by atomic mass is 10.0. The Labute approximate surface area is 266 Å². The van der Waals surface area contributed by atoms with Gasteiger partial charge in [0.1, 0.15) is 22.9 Å². The van der Waals surface area contributed by atoms with Crippen LogP contribution in [0.2, 0.25) is 0 Å². The van der Waals surface area contributed by atoms with Crippen LogP contribution in [0.1, 0.15) is 25.1 Å². The predicted molar refractivity (Wildman–Crippen MR) is 161 cm³/mol. The van der Waals surface area contributed by atoms with Gasteiger partial charge in [-0.2, -0.15) is 4.98 Å². The molecule has 1 fully saturated rings. The molecular formula is C24H27N11O7S3. The number of thioether (sulfide) groups is 2. The number of nitrogens with zero attached hydrogens (tertiary/aromatic N) is 7. The largest absolute Gasteiger partial charge is 0.543 e. The Hall–Kier alpha value is -4.63. The minimum Gasteiger partial charge on any atom is -0.543 e. The number of nitrogens with one attached hydrogen (secondary N) is 1. The van der Waals surface area contributed by atoms with E-state index in [9.17, 15) is 29.4 Å². The molecule has 2 aliphatic heterocycles. The molecule has 0 aliphatic carbocycles. The van der Waals surface area contributed by atoms with Crippen molar-refractivity contribution in [2.45, 2.75) is 42.9 Å². The number of carbonyl (C=O) groups excluding carboxylic acids is 3. The van der Waals surface area contributed by atoms with Crippen LogP contribution >= 0.6 is 34.9 Å². The van der Waals surface area contributed by atoms with E-state index in [-0.39, 0.29) is 39.8 Å². The summed E-state index contributed by atoms with van der Waals surface area (Å²) >= 11 is 3.40. The van der Waals surface area contributed by atoms with Gasteiger partial charge in [0.2, 0.25) is 16.4 Å². The molecule has 5 heterocycles. The summed E-state index contributed by atoms with van der Waals surface area (Å²) in [6.07, 6.45) is 0. The van der Waals surface area contributed by atoms with E-state index in [0.29, 0.717) is 21.9 Å². The minimum absolute atomic E-state index is 0.00209. The topological polar surface area (TPSA) is 273 Å². The molecule has 8 N–H and O–H groups in total. The highest BCUT2D eigenvalue weighted by Gasteiger charge is 2.53. The molecular weight excluding hydrogens is 651 g/mol. The maximum absolute atomic E-state index is 13.3. The molecule has 45 heavy (non-hydrogen) atoms. The molecule has 0 saturated carbocycles. The highest BCUT2D eigenvalue weighted by Crippen LogP contribution is 2.41. The van der Waals surface area contributed by atoms with Gasteiger partial charge >= 0.3 is 11.9 Å². The fourth-order valence-electron chi connectivity index (χ4n) is 4.40. The van der Waals surface area contributed by atoms with Crippen LogP contribution in [0.25, 0.3) is 5.65 Å². The van der Waals surface area contributed by atoms with Crippen molar-refractivity contribution >= 4 is 86.9 Å². The monoisotopic (exact) mass is 677 g/mol. The fraction of sp³-hybridized carbons (Fsp3) is 0.375. The Morgan fingerprint density at radius 2 is 2.02 bits per heavy atom. The Kier molecular flexibility index (Phi) is 8.27. The number of carboxylic acids is 2. The number of hydrogen-bond donors (Lipinski definition) is 5. The molecule has 1 saturated heterocycles. The quantitative estimate of drug-likeness (QED) is 0.0382. The Balaban J connectivity index is 1.36. The summed E-state index contributed by atoms with van der Waals surface area (Å²) in [5.41, 5.74) is 16.9. The second kappa shape index (κ2) is 11.7. The molecule has 2 amide bonds. The van der Waals surface area contributed by atoms with E-state index < -0.39 is 46.5 Å². The molecule has 1 unspecified atom stereocenters. The number of amides is 2. The molecule has 0 bridgehead atoms. The van der Waals surface area contributed by atoms with Gasteiger partial charge in [-0.3, -0.25) is 14.5 Å². The fourth-order valence-corrected chi connectivity index (χ4v) is 7.37. The van der Waals surface area contributed by atoms with Gasteiger partial charge in [-0.05, 0) is 26.3 Å². The minimum atomic E-state index is -1.79. The van der Waals surface area contributed by atoms with Crippen molar-refractivity contribution in [2.75, 3.05) is 28.7 Å². The van der Waals surface area contributed by atoms with E-state index in [4.69, 9.17) is 22.0 Å². The number of β-lactam (4-membered cyclic amide) rings is 1. The van der Waals surface area contributed by atoms with Crippen LogP contribution in [-0.4, -0.2) is 87.6 Å². The second-order valence-electron chi connectivity index (χ2n) is 10.4. The van der Waals surface area contributed by atoms with Gasteiger partial charge in [0, 0.05) is 22.0 Å². The summed E-state index contributed by atoms with van der Waals surface area (Å²) in [4.78, 5) is 64.8. The standard InChI is InChI=1S/C24H27N11O7S3/c1-8-14(25)30-23(35-16(8)33(4)21(26)31-35)45-6-9-5-43-18-12(17(37)34(18)13(9)19(38)39)29-15(36)11(10-7-44-22(27)28-10)32-42-24(2,3)20(40)41/h7,12,18,25H,5-6H2,1-4H3,(H7,26,27,28,29,31,36,38,39,40,41)/b32-11-/t12?,18-/m1/s1. The van der Waals surface area contributed by atoms with Crippen molar-refractivity contribution < 1.29 is 38.8 Å². The van der Waals surface area contributed by atoms with Crippen molar-refractivity contribution in [3.05, 3.63) is 27.9 Å². The van der Waals surface area contributed by atoms with E-state index in [1.807, 2.05) is 0 Å². The van der Waals surface area contributed by atoms with Crippen LogP contribution < -0.4 is 32.2 Å². The van der Waals surface area contributed by atoms with Gasteiger partial charge < -0.3 is 42.4 Å². The third-order valence-corrected chi connectivity index (χ3v) is 9.97. The number of nitrogen functional groups attached to an aromatic ring is 3. The number of aromatic nitrogens is 5. The summed E-state index contributed by atoms with van der Waals surface area (Å²) in [7, 11) is 1.73. The number of anilines is 3. The van der Waals surface area contributed by atoms with Crippen LogP contribution in [0, 0.1) is 6.92 Å². The third kappa shape index (κ3) is 5.68. The normalized spacial score (nSPS) is 18.5. The zero-order valence-corrected chi connectivity index (χ0v) is 26.6. The summed E-state index contributed by atoms with van der Waals surface area (Å²) in [5, 5.41) is 33.3. The lowest BCUT2D eigenvalue weighted by Crippen LogP contribution is -2.71. The van der Waals surface area contributed by atoms with Gasteiger partial charge in [0.05, 0.1) is 24.3 Å². The Morgan fingerprint density at radius 3 is 2.64 bits per heavy atom. The van der Waals surface area contributed by atoms with Crippen molar-refractivity contribution in [3.8, 4) is 0 Å². The van der Waals surface area contributed by atoms with E-state index in [1.165, 1.54) is 35.5 Å². The number of hydrogen-bond acceptors (Lipinski definition) is 16. The highest BCUT2D eigenvalue weighted by atomic mass is 32.2. The number of thiazole rings is 1. The number of fused-ring (bicyclic) bond motifs is 2. The van der Waals surface area contributed by atoms with Crippen LogP contribution in [0.15, 0.2) is 27.0 Å².